The molecule has 2 aromatic heterocycles. The number of hydrogen-bond donors (Lipinski definition) is 3. The molecule has 67 heavy (non-hydrogen) atoms. The standard InChI is InChI=1S/C50H72N8O9/c1-10-58-43-16-15-34(35-13-12-18-55(27-35)29-42(53-48(62)67-49(4,5)6)47(61)66-46(60)41-14-11-17-52-54-41)23-38(43)40(25-50(7,8)31-65-33(3)59)45(58)39-24-36(26-51-44(39)32(2)63-9)57-20-19-56-21-22-64-30-37(56)28-57/h13,15-16,23-24,26,32,37,41-42,52,54H,10-12,14,17-22,25,27-31H2,1-9H3,(H,53,62)/t32-,37-,41?,42-/m0/s1. The number of rotatable bonds is 15. The van der Waals surface area contributed by atoms with Crippen molar-refractivity contribution >= 4 is 46.2 Å². The number of esters is 3. The Morgan fingerprint density at radius 2 is 1.87 bits per heavy atom. The van der Waals surface area contributed by atoms with E-state index in [1.807, 2.05) is 13.1 Å². The molecule has 17 nitrogen and oxygen atoms in total. The number of ether oxygens (including phenoxy) is 5. The van der Waals surface area contributed by atoms with E-state index in [4.69, 9.17) is 28.7 Å². The topological polar surface area (TPSA) is 178 Å². The van der Waals surface area contributed by atoms with Gasteiger partial charge in [-0.15, -0.1) is 0 Å². The Morgan fingerprint density at radius 3 is 2.58 bits per heavy atom. The second kappa shape index (κ2) is 21.6. The maximum atomic E-state index is 13.7. The first-order valence-corrected chi connectivity index (χ1v) is 24.0. The molecule has 3 saturated heterocycles. The van der Waals surface area contributed by atoms with Crippen LogP contribution in [0.2, 0.25) is 0 Å². The van der Waals surface area contributed by atoms with Gasteiger partial charge >= 0.3 is 24.0 Å². The predicted molar refractivity (Wildman–Crippen MR) is 256 cm³/mol. The lowest BCUT2D eigenvalue weighted by atomic mass is 9.84. The zero-order valence-corrected chi connectivity index (χ0v) is 41.0. The van der Waals surface area contributed by atoms with Gasteiger partial charge < -0.3 is 38.5 Å². The normalized spacial score (nSPS) is 20.7. The van der Waals surface area contributed by atoms with Crippen LogP contribution in [0.25, 0.3) is 27.7 Å². The monoisotopic (exact) mass is 929 g/mol. The van der Waals surface area contributed by atoms with Crippen molar-refractivity contribution in [3.8, 4) is 11.3 Å². The smallest absolute Gasteiger partial charge is 0.408 e. The van der Waals surface area contributed by atoms with Crippen LogP contribution < -0.4 is 21.1 Å². The summed E-state index contributed by atoms with van der Waals surface area (Å²) in [7, 11) is 1.71. The molecule has 1 amide bonds. The number of carbonyl (C=O) groups excluding carboxylic acids is 4. The van der Waals surface area contributed by atoms with Crippen molar-refractivity contribution in [1.29, 1.82) is 0 Å². The van der Waals surface area contributed by atoms with Crippen molar-refractivity contribution in [2.75, 3.05) is 84.2 Å². The summed E-state index contributed by atoms with van der Waals surface area (Å²) >= 11 is 0. The van der Waals surface area contributed by atoms with Gasteiger partial charge in [-0.2, -0.15) is 0 Å². The number of piperazine rings is 1. The molecule has 0 spiro atoms. The third-order valence-electron chi connectivity index (χ3n) is 13.1. The van der Waals surface area contributed by atoms with Crippen LogP contribution in [0.4, 0.5) is 10.5 Å². The second-order valence-electron chi connectivity index (χ2n) is 20.1. The minimum Gasteiger partial charge on any atom is -0.465 e. The fraction of sp³-hybridized carbons (Fsp3) is 0.620. The summed E-state index contributed by atoms with van der Waals surface area (Å²) < 4.78 is 30.8. The molecule has 0 bridgehead atoms. The lowest BCUT2D eigenvalue weighted by Crippen LogP contribution is -2.58. The summed E-state index contributed by atoms with van der Waals surface area (Å²) in [5.74, 6) is -1.87. The van der Waals surface area contributed by atoms with Crippen LogP contribution in [0, 0.1) is 5.41 Å². The number of morpholine rings is 1. The summed E-state index contributed by atoms with van der Waals surface area (Å²) in [6, 6.07) is 7.34. The SMILES string of the molecule is CCn1c(-c2cc(N3CCN4CCOC[C@@H]4C3)cnc2[C@H](C)OC)c(CC(C)(C)COC(C)=O)c2cc(C3=CCCN(C[C@H](NC(=O)OC(C)(C)C)C(=O)OC(=O)C4CCCNN4)C3)ccc21. The number of aromatic nitrogens is 2. The van der Waals surface area contributed by atoms with Crippen molar-refractivity contribution in [3.05, 3.63) is 53.4 Å². The molecule has 366 valence electrons. The molecule has 17 heteroatoms. The Labute approximate surface area is 395 Å². The number of pyridine rings is 1. The first-order valence-electron chi connectivity index (χ1n) is 24.0. The maximum absolute atomic E-state index is 13.7. The number of carbonyl (C=O) groups is 4. The van der Waals surface area contributed by atoms with Crippen LogP contribution in [0.15, 0.2) is 36.5 Å². The van der Waals surface area contributed by atoms with Crippen LogP contribution in [0.1, 0.15) is 97.6 Å². The van der Waals surface area contributed by atoms with Crippen LogP contribution >= 0.6 is 0 Å². The van der Waals surface area contributed by atoms with Crippen LogP contribution in [-0.4, -0.2) is 146 Å². The van der Waals surface area contributed by atoms with Crippen molar-refractivity contribution in [2.45, 2.75) is 117 Å². The Hall–Kier alpha value is -4.91. The largest absolute Gasteiger partial charge is 0.465 e. The molecular weight excluding hydrogens is 857 g/mol. The van der Waals surface area contributed by atoms with Gasteiger partial charge in [0.2, 0.25) is 0 Å². The maximum Gasteiger partial charge on any atom is 0.408 e. The van der Waals surface area contributed by atoms with E-state index in [0.717, 1.165) is 89.4 Å². The number of anilines is 1. The molecule has 0 aliphatic carbocycles. The van der Waals surface area contributed by atoms with Gasteiger partial charge in [-0.25, -0.2) is 19.8 Å². The number of benzene rings is 1. The van der Waals surface area contributed by atoms with E-state index in [-0.39, 0.29) is 25.2 Å². The predicted octanol–water partition coefficient (Wildman–Crippen LogP) is 5.39. The van der Waals surface area contributed by atoms with Crippen molar-refractivity contribution in [2.24, 2.45) is 5.41 Å². The summed E-state index contributed by atoms with van der Waals surface area (Å²) in [6.45, 7) is 23.1. The third kappa shape index (κ3) is 12.4. The summed E-state index contributed by atoms with van der Waals surface area (Å²) in [4.78, 5) is 64.1. The van der Waals surface area contributed by atoms with E-state index < -0.39 is 41.1 Å². The molecule has 4 atom stereocenters. The van der Waals surface area contributed by atoms with E-state index in [1.54, 1.807) is 27.9 Å². The van der Waals surface area contributed by atoms with Crippen LogP contribution in [-0.2, 0) is 51.0 Å². The first-order chi connectivity index (χ1) is 31.9. The molecule has 7 rings (SSSR count). The van der Waals surface area contributed by atoms with Gasteiger partial charge in [0.25, 0.3) is 0 Å². The van der Waals surface area contributed by atoms with Crippen LogP contribution in [0.3, 0.4) is 0 Å². The number of nitrogens with zero attached hydrogens (tertiary/aromatic N) is 5. The summed E-state index contributed by atoms with van der Waals surface area (Å²) in [6.07, 6.45) is 5.70. The fourth-order valence-electron chi connectivity index (χ4n) is 9.65. The van der Waals surface area contributed by atoms with Gasteiger partial charge in [-0.05, 0) is 95.2 Å². The zero-order valence-electron chi connectivity index (χ0n) is 41.0. The first kappa shape index (κ1) is 50.0. The summed E-state index contributed by atoms with van der Waals surface area (Å²) in [5.41, 5.74) is 12.8. The number of methoxy groups -OCH3 is 1. The number of alkyl carbamates (subject to hydrolysis) is 1. The molecule has 3 fully saturated rings. The van der Waals surface area contributed by atoms with E-state index >= 15 is 0 Å². The van der Waals surface area contributed by atoms with Gasteiger partial charge in [0.15, 0.2) is 0 Å². The molecule has 3 N–H and O–H groups in total. The highest BCUT2D eigenvalue weighted by atomic mass is 16.6. The summed E-state index contributed by atoms with van der Waals surface area (Å²) in [5, 5.41) is 3.77. The Kier molecular flexibility index (Phi) is 16.1. The molecule has 0 radical (unpaired) electrons. The number of hydrogen-bond acceptors (Lipinski definition) is 15. The minimum atomic E-state index is -1.17. The Morgan fingerprint density at radius 1 is 1.06 bits per heavy atom. The molecule has 3 aromatic rings. The van der Waals surface area contributed by atoms with Crippen molar-refractivity contribution in [1.82, 2.24) is 35.5 Å². The van der Waals surface area contributed by atoms with E-state index in [1.165, 1.54) is 6.92 Å². The molecule has 1 unspecified atom stereocenters. The third-order valence-corrected chi connectivity index (χ3v) is 13.1. The molecular formula is C50H72N8O9. The highest BCUT2D eigenvalue weighted by Crippen LogP contribution is 2.43. The van der Waals surface area contributed by atoms with Crippen molar-refractivity contribution < 1.29 is 42.9 Å². The number of amides is 1. The van der Waals surface area contributed by atoms with Gasteiger partial charge in [-0.1, -0.05) is 26.0 Å². The molecule has 4 aliphatic heterocycles. The Bertz CT molecular complexity index is 2300. The Balaban J connectivity index is 1.24. The van der Waals surface area contributed by atoms with E-state index in [9.17, 15) is 19.2 Å². The molecule has 4 aliphatic rings. The van der Waals surface area contributed by atoms with E-state index in [0.29, 0.717) is 58.1 Å². The van der Waals surface area contributed by atoms with E-state index in [2.05, 4.69) is 86.5 Å². The second-order valence-corrected chi connectivity index (χ2v) is 20.1. The number of hydrazine groups is 1. The lowest BCUT2D eigenvalue weighted by molar-refractivity contribution is -0.163. The average Bonchev–Trinajstić information content (AvgIpc) is 3.61. The number of nitrogens with one attached hydrogen (secondary N) is 3. The highest BCUT2D eigenvalue weighted by molar-refractivity contribution is 5.95. The molecule has 1 aromatic carbocycles. The molecule has 6 heterocycles. The van der Waals surface area contributed by atoms with Gasteiger partial charge in [0.1, 0.15) is 17.7 Å². The minimum absolute atomic E-state index is 0.0971. The van der Waals surface area contributed by atoms with Crippen LogP contribution in [0.5, 0.6) is 0 Å². The van der Waals surface area contributed by atoms with Gasteiger partial charge in [0.05, 0.1) is 55.2 Å². The van der Waals surface area contributed by atoms with Crippen molar-refractivity contribution in [3.63, 3.8) is 0 Å². The average molecular weight is 929 g/mol. The fourth-order valence-corrected chi connectivity index (χ4v) is 9.65. The highest BCUT2D eigenvalue weighted by Gasteiger charge is 2.35. The van der Waals surface area contributed by atoms with Gasteiger partial charge in [-0.3, -0.25) is 25.0 Å². The molecule has 0 saturated carbocycles. The zero-order chi connectivity index (χ0) is 48.0. The number of fused-ring (bicyclic) bond motifs is 2. The van der Waals surface area contributed by atoms with Gasteiger partial charge in [0, 0.05) is 94.8 Å². The quantitative estimate of drug-likeness (QED) is 0.100. The number of aryl methyl sites for hydroxylation is 1. The lowest BCUT2D eigenvalue weighted by Gasteiger charge is -2.44.